The van der Waals surface area contributed by atoms with Gasteiger partial charge in [-0.05, 0) is 25.3 Å². The van der Waals surface area contributed by atoms with Crippen molar-refractivity contribution < 1.29 is 14.8 Å². The molecule has 19 heavy (non-hydrogen) atoms. The number of rotatable bonds is 4. The number of hydrogen-bond donors (Lipinski definition) is 1. The monoisotopic (exact) mass is 265 g/mol. The van der Waals surface area contributed by atoms with E-state index in [9.17, 15) is 15.2 Å². The van der Waals surface area contributed by atoms with Crippen molar-refractivity contribution in [3.63, 3.8) is 0 Å². The van der Waals surface area contributed by atoms with E-state index in [1.165, 1.54) is 6.07 Å². The SMILES string of the molecule is Cc1cccc([N+](=O)[O-])c1OCC1(O)CCCCC1. The number of nitrogens with zero attached hydrogens (tertiary/aromatic N) is 1. The Morgan fingerprint density at radius 1 is 1.37 bits per heavy atom. The van der Waals surface area contributed by atoms with Gasteiger partial charge in [0.25, 0.3) is 0 Å². The van der Waals surface area contributed by atoms with E-state index in [0.29, 0.717) is 18.4 Å². The number of aliphatic hydroxyl groups is 1. The quantitative estimate of drug-likeness (QED) is 0.671. The summed E-state index contributed by atoms with van der Waals surface area (Å²) in [4.78, 5) is 10.5. The van der Waals surface area contributed by atoms with Crippen LogP contribution in [0.15, 0.2) is 18.2 Å². The Hall–Kier alpha value is -1.62. The van der Waals surface area contributed by atoms with E-state index in [2.05, 4.69) is 0 Å². The van der Waals surface area contributed by atoms with Crippen LogP contribution in [-0.2, 0) is 0 Å². The first-order valence-corrected chi connectivity index (χ1v) is 6.61. The molecule has 5 heteroatoms. The van der Waals surface area contributed by atoms with Crippen LogP contribution in [0.2, 0.25) is 0 Å². The molecule has 1 saturated carbocycles. The average Bonchev–Trinajstić information content (AvgIpc) is 2.38. The summed E-state index contributed by atoms with van der Waals surface area (Å²) >= 11 is 0. The molecule has 0 heterocycles. The molecule has 0 aliphatic heterocycles. The van der Waals surface area contributed by atoms with Crippen LogP contribution in [-0.4, -0.2) is 22.2 Å². The fraction of sp³-hybridized carbons (Fsp3) is 0.571. The van der Waals surface area contributed by atoms with Gasteiger partial charge in [0.15, 0.2) is 5.75 Å². The third-order valence-corrected chi connectivity index (χ3v) is 3.66. The molecule has 0 atom stereocenters. The highest BCUT2D eigenvalue weighted by Crippen LogP contribution is 2.33. The van der Waals surface area contributed by atoms with Crippen molar-refractivity contribution in [2.45, 2.75) is 44.6 Å². The highest BCUT2D eigenvalue weighted by molar-refractivity contribution is 5.51. The maximum Gasteiger partial charge on any atom is 0.311 e. The van der Waals surface area contributed by atoms with E-state index < -0.39 is 10.5 Å². The fourth-order valence-electron chi connectivity index (χ4n) is 2.53. The van der Waals surface area contributed by atoms with Gasteiger partial charge in [-0.3, -0.25) is 10.1 Å². The van der Waals surface area contributed by atoms with Gasteiger partial charge < -0.3 is 9.84 Å². The first kappa shape index (κ1) is 13.8. The molecule has 0 aromatic heterocycles. The molecule has 0 amide bonds. The minimum Gasteiger partial charge on any atom is -0.484 e. The summed E-state index contributed by atoms with van der Waals surface area (Å²) < 4.78 is 5.58. The van der Waals surface area contributed by atoms with Crippen molar-refractivity contribution in [3.8, 4) is 5.75 Å². The van der Waals surface area contributed by atoms with Gasteiger partial charge in [0.05, 0.1) is 10.5 Å². The third kappa shape index (κ3) is 3.23. The molecule has 1 fully saturated rings. The van der Waals surface area contributed by atoms with Crippen LogP contribution >= 0.6 is 0 Å². The Labute approximate surface area is 112 Å². The smallest absolute Gasteiger partial charge is 0.311 e. The molecule has 5 nitrogen and oxygen atoms in total. The second-order valence-electron chi connectivity index (χ2n) is 5.25. The lowest BCUT2D eigenvalue weighted by atomic mass is 9.85. The van der Waals surface area contributed by atoms with E-state index in [0.717, 1.165) is 19.3 Å². The zero-order valence-corrected chi connectivity index (χ0v) is 11.1. The Balaban J connectivity index is 2.12. The minimum absolute atomic E-state index is 0.0422. The number of nitro groups is 1. The second kappa shape index (κ2) is 5.57. The molecule has 1 aromatic rings. The predicted octanol–water partition coefficient (Wildman–Crippen LogP) is 2.98. The van der Waals surface area contributed by atoms with Crippen LogP contribution in [0.3, 0.4) is 0 Å². The average molecular weight is 265 g/mol. The number of para-hydroxylation sites is 1. The molecule has 1 aliphatic rings. The first-order valence-electron chi connectivity index (χ1n) is 6.61. The lowest BCUT2D eigenvalue weighted by Crippen LogP contribution is -2.38. The lowest BCUT2D eigenvalue weighted by molar-refractivity contribution is -0.386. The molecule has 0 bridgehead atoms. The maximum atomic E-state index is 11.0. The number of ether oxygens (including phenoxy) is 1. The Morgan fingerprint density at radius 2 is 2.05 bits per heavy atom. The third-order valence-electron chi connectivity index (χ3n) is 3.66. The molecule has 0 saturated heterocycles. The summed E-state index contributed by atoms with van der Waals surface area (Å²) in [7, 11) is 0. The van der Waals surface area contributed by atoms with E-state index >= 15 is 0 Å². The van der Waals surface area contributed by atoms with Gasteiger partial charge in [-0.25, -0.2) is 0 Å². The van der Waals surface area contributed by atoms with Crippen molar-refractivity contribution in [1.82, 2.24) is 0 Å². The van der Waals surface area contributed by atoms with E-state index in [-0.39, 0.29) is 18.0 Å². The Morgan fingerprint density at radius 3 is 2.68 bits per heavy atom. The molecule has 1 N–H and O–H groups in total. The summed E-state index contributed by atoms with van der Waals surface area (Å²) in [5.74, 6) is 0.270. The van der Waals surface area contributed by atoms with Crippen molar-refractivity contribution >= 4 is 5.69 Å². The van der Waals surface area contributed by atoms with Crippen molar-refractivity contribution in [2.24, 2.45) is 0 Å². The summed E-state index contributed by atoms with van der Waals surface area (Å²) in [5, 5.41) is 21.3. The Bertz CT molecular complexity index is 467. The number of benzene rings is 1. The van der Waals surface area contributed by atoms with Crippen molar-refractivity contribution in [2.75, 3.05) is 6.61 Å². The van der Waals surface area contributed by atoms with E-state index in [1.54, 1.807) is 19.1 Å². The molecule has 0 radical (unpaired) electrons. The molecule has 1 aliphatic carbocycles. The summed E-state index contributed by atoms with van der Waals surface area (Å²) in [5.41, 5.74) is -0.165. The fourth-order valence-corrected chi connectivity index (χ4v) is 2.53. The highest BCUT2D eigenvalue weighted by atomic mass is 16.6. The topological polar surface area (TPSA) is 72.6 Å². The summed E-state index contributed by atoms with van der Waals surface area (Å²) in [6.07, 6.45) is 4.50. The zero-order chi connectivity index (χ0) is 13.9. The molecule has 1 aromatic carbocycles. The molecular formula is C14H19NO4. The number of nitro benzene ring substituents is 1. The van der Waals surface area contributed by atoms with Gasteiger partial charge in [-0.2, -0.15) is 0 Å². The van der Waals surface area contributed by atoms with Crippen LogP contribution in [0.5, 0.6) is 5.75 Å². The van der Waals surface area contributed by atoms with Gasteiger partial charge in [0, 0.05) is 6.07 Å². The van der Waals surface area contributed by atoms with Crippen LogP contribution in [0, 0.1) is 17.0 Å². The standard InChI is InChI=1S/C14H19NO4/c1-11-6-5-7-12(15(17)18)13(11)19-10-14(16)8-3-2-4-9-14/h5-7,16H,2-4,8-10H2,1H3. The Kier molecular flexibility index (Phi) is 4.04. The maximum absolute atomic E-state index is 11.0. The summed E-state index contributed by atoms with van der Waals surface area (Å²) in [6.45, 7) is 1.89. The molecule has 104 valence electrons. The van der Waals surface area contributed by atoms with Crippen LogP contribution in [0.25, 0.3) is 0 Å². The lowest BCUT2D eigenvalue weighted by Gasteiger charge is -2.31. The van der Waals surface area contributed by atoms with Gasteiger partial charge in [-0.15, -0.1) is 0 Å². The molecule has 0 unspecified atom stereocenters. The number of hydrogen-bond acceptors (Lipinski definition) is 4. The van der Waals surface area contributed by atoms with Crippen LogP contribution < -0.4 is 4.74 Å². The zero-order valence-electron chi connectivity index (χ0n) is 11.1. The number of aryl methyl sites for hydroxylation is 1. The minimum atomic E-state index is -0.839. The first-order chi connectivity index (χ1) is 9.02. The van der Waals surface area contributed by atoms with Gasteiger partial charge in [0.1, 0.15) is 6.61 Å². The molecule has 2 rings (SSSR count). The second-order valence-corrected chi connectivity index (χ2v) is 5.25. The predicted molar refractivity (Wildman–Crippen MR) is 71.4 cm³/mol. The van der Waals surface area contributed by atoms with Crippen molar-refractivity contribution in [1.29, 1.82) is 0 Å². The van der Waals surface area contributed by atoms with E-state index in [1.807, 2.05) is 0 Å². The normalized spacial score (nSPS) is 18.0. The molecular weight excluding hydrogens is 246 g/mol. The molecule has 0 spiro atoms. The van der Waals surface area contributed by atoms with Crippen molar-refractivity contribution in [3.05, 3.63) is 33.9 Å². The van der Waals surface area contributed by atoms with Gasteiger partial charge in [0.2, 0.25) is 0 Å². The van der Waals surface area contributed by atoms with Gasteiger partial charge >= 0.3 is 5.69 Å². The van der Waals surface area contributed by atoms with Crippen LogP contribution in [0.4, 0.5) is 5.69 Å². The highest BCUT2D eigenvalue weighted by Gasteiger charge is 2.31. The van der Waals surface area contributed by atoms with Crippen LogP contribution in [0.1, 0.15) is 37.7 Å². The summed E-state index contributed by atoms with van der Waals surface area (Å²) in [6, 6.07) is 4.83. The largest absolute Gasteiger partial charge is 0.484 e. The van der Waals surface area contributed by atoms with E-state index in [4.69, 9.17) is 4.74 Å². The van der Waals surface area contributed by atoms with Gasteiger partial charge in [-0.1, -0.05) is 31.4 Å².